The van der Waals surface area contributed by atoms with Crippen molar-refractivity contribution in [3.8, 4) is 5.75 Å². The number of hydrogen-bond donors (Lipinski definition) is 8. The number of rotatable bonds is 17. The number of phenols is 1. The summed E-state index contributed by atoms with van der Waals surface area (Å²) in [5, 5.41) is 33.7. The lowest BCUT2D eigenvalue weighted by atomic mass is 10.0. The van der Waals surface area contributed by atoms with Crippen LogP contribution in [0.1, 0.15) is 58.4 Å². The highest BCUT2D eigenvalue weighted by molar-refractivity contribution is 5.93. The molecule has 1 fully saturated rings. The number of carboxylic acids is 1. The maximum atomic E-state index is 13.8. The van der Waals surface area contributed by atoms with Crippen LogP contribution in [0.3, 0.4) is 0 Å². The third-order valence-electron chi connectivity index (χ3n) is 7.39. The van der Waals surface area contributed by atoms with E-state index in [9.17, 15) is 39.3 Å². The molecule has 1 aromatic rings. The van der Waals surface area contributed by atoms with Gasteiger partial charge in [-0.2, -0.15) is 0 Å². The number of esters is 1. The number of carboxylic acid groups (broad SMARTS) is 1. The smallest absolute Gasteiger partial charge is 0.329 e. The fourth-order valence-corrected chi connectivity index (χ4v) is 4.97. The molecule has 1 aliphatic rings. The van der Waals surface area contributed by atoms with Crippen molar-refractivity contribution < 1.29 is 44.0 Å². The van der Waals surface area contributed by atoms with Gasteiger partial charge in [0.1, 0.15) is 17.8 Å². The fourth-order valence-electron chi connectivity index (χ4n) is 4.97. The number of carbonyl (C=O) groups is 5. The first-order valence-electron chi connectivity index (χ1n) is 15.2. The number of aliphatic imine (C=N–C) groups is 1. The van der Waals surface area contributed by atoms with Gasteiger partial charge in [0.15, 0.2) is 18.1 Å². The summed E-state index contributed by atoms with van der Waals surface area (Å²) in [5.41, 5.74) is 17.3. The number of nitrogens with one attached hydrogen (secondary N) is 2. The van der Waals surface area contributed by atoms with Gasteiger partial charge < -0.3 is 52.8 Å². The van der Waals surface area contributed by atoms with Gasteiger partial charge in [-0.25, -0.2) is 9.59 Å². The molecule has 1 saturated heterocycles. The standard InChI is InChI=1S/C30H47N7O9/c1-16(2)14-23(27(42)37-13-5-7-22(37)26(41)36-24(17(3)38)28(43)44)46-29(45)21(15-18-8-10-19(39)11-9-18)35-25(40)20(31)6-4-12-34-30(32)33/h8-11,16-17,20-24,38-39H,4-7,12-15,31H2,1-3H3,(H,35,40)(H,36,41)(H,43,44)(H4,32,33,34)/t17-,20+,21+,22+,23+,24+/m1/s1. The van der Waals surface area contributed by atoms with Crippen molar-refractivity contribution in [3.63, 3.8) is 0 Å². The first-order chi connectivity index (χ1) is 21.6. The Hall–Kier alpha value is -4.44. The highest BCUT2D eigenvalue weighted by atomic mass is 16.5. The van der Waals surface area contributed by atoms with Crippen LogP contribution in [0.15, 0.2) is 29.3 Å². The summed E-state index contributed by atoms with van der Waals surface area (Å²) in [7, 11) is 0. The molecule has 1 aromatic carbocycles. The number of hydrogen-bond acceptors (Lipinski definition) is 10. The van der Waals surface area contributed by atoms with Gasteiger partial charge in [0.25, 0.3) is 5.91 Å². The van der Waals surface area contributed by atoms with Crippen molar-refractivity contribution in [1.82, 2.24) is 15.5 Å². The molecule has 256 valence electrons. The minimum atomic E-state index is -1.57. The average Bonchev–Trinajstić information content (AvgIpc) is 3.47. The fraction of sp³-hybridized carbons (Fsp3) is 0.600. The van der Waals surface area contributed by atoms with Crippen LogP contribution in [0.2, 0.25) is 0 Å². The molecule has 0 aliphatic carbocycles. The van der Waals surface area contributed by atoms with Crippen molar-refractivity contribution in [2.45, 2.75) is 95.7 Å². The number of aliphatic hydroxyl groups excluding tert-OH is 1. The number of benzene rings is 1. The molecule has 11 N–H and O–H groups in total. The Morgan fingerprint density at radius 3 is 2.30 bits per heavy atom. The van der Waals surface area contributed by atoms with Crippen molar-refractivity contribution in [2.75, 3.05) is 13.1 Å². The Balaban J connectivity index is 2.25. The lowest BCUT2D eigenvalue weighted by Crippen LogP contribution is -2.56. The molecule has 46 heavy (non-hydrogen) atoms. The first-order valence-corrected chi connectivity index (χ1v) is 15.2. The Labute approximate surface area is 267 Å². The van der Waals surface area contributed by atoms with Crippen molar-refractivity contribution in [2.24, 2.45) is 28.1 Å². The SMILES string of the molecule is CC(C)C[C@H](OC(=O)[C@H](Cc1ccc(O)cc1)NC(=O)[C@@H](N)CCCN=C(N)N)C(=O)N1CCC[C@H]1C(=O)N[C@H](C(=O)O)[C@@H](C)O. The first kappa shape index (κ1) is 37.7. The molecule has 1 heterocycles. The van der Waals surface area contributed by atoms with E-state index in [1.807, 2.05) is 13.8 Å². The highest BCUT2D eigenvalue weighted by Crippen LogP contribution is 2.23. The maximum absolute atomic E-state index is 13.8. The van der Waals surface area contributed by atoms with E-state index in [-0.39, 0.29) is 56.4 Å². The van der Waals surface area contributed by atoms with E-state index in [2.05, 4.69) is 15.6 Å². The largest absolute Gasteiger partial charge is 0.508 e. The number of carbonyl (C=O) groups excluding carboxylic acids is 4. The summed E-state index contributed by atoms with van der Waals surface area (Å²) in [5.74, 6) is -4.58. The quantitative estimate of drug-likeness (QED) is 0.0423. The number of ether oxygens (including phenoxy) is 1. The zero-order valence-corrected chi connectivity index (χ0v) is 26.4. The summed E-state index contributed by atoms with van der Waals surface area (Å²) in [4.78, 5) is 70.0. The van der Waals surface area contributed by atoms with Gasteiger partial charge in [-0.05, 0) is 62.6 Å². The van der Waals surface area contributed by atoms with Crippen LogP contribution < -0.4 is 27.8 Å². The average molecular weight is 650 g/mol. The van der Waals surface area contributed by atoms with E-state index in [0.717, 1.165) is 0 Å². The molecule has 2 rings (SSSR count). The van der Waals surface area contributed by atoms with Crippen LogP contribution in [-0.2, 0) is 35.1 Å². The molecule has 0 unspecified atom stereocenters. The Kier molecular flexibility index (Phi) is 14.7. The van der Waals surface area contributed by atoms with Gasteiger partial charge in [-0.1, -0.05) is 26.0 Å². The Morgan fingerprint density at radius 1 is 1.09 bits per heavy atom. The number of phenolic OH excluding ortho intramolecular Hbond substituents is 1. The van der Waals surface area contributed by atoms with Crippen LogP contribution in [0, 0.1) is 5.92 Å². The molecule has 0 spiro atoms. The van der Waals surface area contributed by atoms with Crippen molar-refractivity contribution in [1.29, 1.82) is 0 Å². The molecule has 16 heteroatoms. The molecule has 0 radical (unpaired) electrons. The van der Waals surface area contributed by atoms with E-state index >= 15 is 0 Å². The lowest BCUT2D eigenvalue weighted by Gasteiger charge is -2.30. The molecule has 1 aliphatic heterocycles. The highest BCUT2D eigenvalue weighted by Gasteiger charge is 2.41. The van der Waals surface area contributed by atoms with Gasteiger partial charge in [-0.15, -0.1) is 0 Å². The van der Waals surface area contributed by atoms with Crippen LogP contribution in [0.25, 0.3) is 0 Å². The molecular formula is C30H47N7O9. The number of aliphatic hydroxyl groups is 1. The van der Waals surface area contributed by atoms with Gasteiger partial charge in [-0.3, -0.25) is 19.4 Å². The molecule has 3 amide bonds. The minimum absolute atomic E-state index is 0.00429. The second kappa shape index (κ2) is 17.9. The summed E-state index contributed by atoms with van der Waals surface area (Å²) in [6, 6.07) is 1.11. The van der Waals surface area contributed by atoms with E-state index < -0.39 is 66.0 Å². The van der Waals surface area contributed by atoms with Crippen LogP contribution in [0.4, 0.5) is 0 Å². The number of guanidine groups is 1. The topological polar surface area (TPSA) is 273 Å². The summed E-state index contributed by atoms with van der Waals surface area (Å²) >= 11 is 0. The maximum Gasteiger partial charge on any atom is 0.329 e. The van der Waals surface area contributed by atoms with E-state index in [1.165, 1.54) is 24.0 Å². The third-order valence-corrected chi connectivity index (χ3v) is 7.39. The van der Waals surface area contributed by atoms with E-state index in [1.54, 1.807) is 12.1 Å². The zero-order chi connectivity index (χ0) is 34.6. The number of aromatic hydroxyl groups is 1. The van der Waals surface area contributed by atoms with E-state index in [4.69, 9.17) is 21.9 Å². The van der Waals surface area contributed by atoms with Crippen molar-refractivity contribution >= 4 is 35.6 Å². The third kappa shape index (κ3) is 11.8. The van der Waals surface area contributed by atoms with Gasteiger partial charge in [0.2, 0.25) is 11.8 Å². The Morgan fingerprint density at radius 2 is 1.74 bits per heavy atom. The molecule has 16 nitrogen and oxygen atoms in total. The van der Waals surface area contributed by atoms with Crippen molar-refractivity contribution in [3.05, 3.63) is 29.8 Å². The summed E-state index contributed by atoms with van der Waals surface area (Å²) in [6.45, 7) is 5.28. The van der Waals surface area contributed by atoms with Gasteiger partial charge in [0.05, 0.1) is 12.1 Å². The number of amides is 3. The normalized spacial score (nSPS) is 17.7. The lowest BCUT2D eigenvalue weighted by molar-refractivity contribution is -0.164. The number of aliphatic carboxylic acids is 1. The monoisotopic (exact) mass is 649 g/mol. The number of nitrogens with zero attached hydrogens (tertiary/aromatic N) is 2. The van der Waals surface area contributed by atoms with Crippen LogP contribution in [-0.4, -0.2) is 105 Å². The predicted molar refractivity (Wildman–Crippen MR) is 167 cm³/mol. The minimum Gasteiger partial charge on any atom is -0.508 e. The zero-order valence-electron chi connectivity index (χ0n) is 26.4. The second-order valence-corrected chi connectivity index (χ2v) is 11.8. The van der Waals surface area contributed by atoms with E-state index in [0.29, 0.717) is 18.4 Å². The summed E-state index contributed by atoms with van der Waals surface area (Å²) < 4.78 is 5.74. The van der Waals surface area contributed by atoms with Gasteiger partial charge >= 0.3 is 11.9 Å². The summed E-state index contributed by atoms with van der Waals surface area (Å²) in [6.07, 6.45) is -1.34. The molecule has 0 bridgehead atoms. The van der Waals surface area contributed by atoms with Crippen LogP contribution in [0.5, 0.6) is 5.75 Å². The molecule has 0 aromatic heterocycles. The number of likely N-dealkylation sites (tertiary alicyclic amines) is 1. The Bertz CT molecular complexity index is 1240. The molecular weight excluding hydrogens is 602 g/mol. The van der Waals surface area contributed by atoms with Gasteiger partial charge in [0, 0.05) is 19.5 Å². The molecule has 6 atom stereocenters. The second-order valence-electron chi connectivity index (χ2n) is 11.8. The number of nitrogens with two attached hydrogens (primary N) is 3. The van der Waals surface area contributed by atoms with Crippen LogP contribution >= 0.6 is 0 Å². The predicted octanol–water partition coefficient (Wildman–Crippen LogP) is -1.30. The molecule has 0 saturated carbocycles.